The quantitative estimate of drug-likeness (QED) is 0.386. The van der Waals surface area contributed by atoms with Crippen LogP contribution in [0.25, 0.3) is 0 Å². The fourth-order valence-electron chi connectivity index (χ4n) is 0.173. The topological polar surface area (TPSA) is 35.2 Å². The predicted octanol–water partition coefficient (Wildman–Crippen LogP) is -0.103. The summed E-state index contributed by atoms with van der Waals surface area (Å²) < 4.78 is 4.67. The molecule has 0 aliphatic heterocycles. The highest BCUT2D eigenvalue weighted by Gasteiger charge is 1.85. The van der Waals surface area contributed by atoms with Crippen LogP contribution in [0.5, 0.6) is 0 Å². The molecule has 0 saturated heterocycles. The maximum Gasteiger partial charge on any atom is 0.110 e. The Labute approximate surface area is 43.7 Å². The van der Waals surface area contributed by atoms with Crippen LogP contribution in [0.3, 0.4) is 0 Å². The van der Waals surface area contributed by atoms with Gasteiger partial charge in [0.05, 0.1) is 0 Å². The highest BCUT2D eigenvalue weighted by Crippen LogP contribution is 1.75. The van der Waals surface area contributed by atoms with E-state index < -0.39 is 0 Å². The van der Waals surface area contributed by atoms with E-state index >= 15 is 0 Å². The molecule has 0 aromatic heterocycles. The van der Waals surface area contributed by atoms with Crippen LogP contribution in [-0.2, 0) is 4.74 Å². The molecule has 0 bridgehead atoms. The molecule has 0 heterocycles. The van der Waals surface area contributed by atoms with E-state index in [1.807, 2.05) is 5.92 Å². The summed E-state index contributed by atoms with van der Waals surface area (Å²) in [6.45, 7) is 1.90. The Kier molecular flexibility index (Phi) is 3.39. The minimum absolute atomic E-state index is 0.192. The van der Waals surface area contributed by atoms with Gasteiger partial charge in [-0.05, 0) is 13.3 Å². The average Bonchev–Trinajstić information content (AvgIpc) is 1.61. The molecule has 2 heteroatoms. The highest BCUT2D eigenvalue weighted by atomic mass is 16.5. The average molecular weight is 98.1 g/mol. The summed E-state index contributed by atoms with van der Waals surface area (Å²) in [6.07, 6.45) is 6.09. The maximum absolute atomic E-state index is 6.37. The lowest BCUT2D eigenvalue weighted by molar-refractivity contribution is 0.0974. The lowest BCUT2D eigenvalue weighted by atomic mass is 10.7. The summed E-state index contributed by atoms with van der Waals surface area (Å²) in [5, 5.41) is 0. The molecule has 0 saturated carbocycles. The number of hydrogen-bond donors (Lipinski definition) is 1. The van der Waals surface area contributed by atoms with Crippen molar-refractivity contribution in [2.75, 3.05) is 6.61 Å². The third kappa shape index (κ3) is 5.48. The van der Waals surface area contributed by atoms with E-state index in [9.17, 15) is 0 Å². The minimum Gasteiger partial charge on any atom is -0.351 e. The lowest BCUT2D eigenvalue weighted by Crippen LogP contribution is -2.18. The van der Waals surface area contributed by atoms with Crippen molar-refractivity contribution in [1.29, 1.82) is 0 Å². The van der Waals surface area contributed by atoms with E-state index in [-0.39, 0.29) is 12.8 Å². The van der Waals surface area contributed by atoms with Gasteiger partial charge in [-0.25, -0.2) is 0 Å². The molecule has 7 heavy (non-hydrogen) atoms. The van der Waals surface area contributed by atoms with Crippen molar-refractivity contribution in [3.05, 3.63) is 6.42 Å². The Bertz CT molecular complexity index is 72.6. The summed E-state index contributed by atoms with van der Waals surface area (Å²) in [4.78, 5) is 0. The fourth-order valence-corrected chi connectivity index (χ4v) is 0.173. The van der Waals surface area contributed by atoms with Crippen LogP contribution < -0.4 is 5.73 Å². The summed E-state index contributed by atoms with van der Waals surface area (Å²) in [7, 11) is 0. The van der Waals surface area contributed by atoms with E-state index in [2.05, 4.69) is 4.74 Å². The zero-order valence-corrected chi connectivity index (χ0v) is 4.27. The maximum atomic E-state index is 6.37. The Morgan fingerprint density at radius 3 is 2.71 bits per heavy atom. The zero-order chi connectivity index (χ0) is 5.70. The Balaban J connectivity index is 2.86. The van der Waals surface area contributed by atoms with Gasteiger partial charge in [0.2, 0.25) is 0 Å². The standard InChI is InChI=1S/C5H8NO/c1-3-4-7-5(2)6/h5H,4,6H2,2H3. The SMILES string of the molecule is [C]#CCOC(C)N. The van der Waals surface area contributed by atoms with Gasteiger partial charge in [0, 0.05) is 0 Å². The number of nitrogens with two attached hydrogens (primary N) is 1. The normalized spacial score (nSPS) is 12.7. The molecule has 0 rings (SSSR count). The molecule has 0 aromatic carbocycles. The van der Waals surface area contributed by atoms with E-state index in [1.165, 1.54) is 0 Å². The molecule has 0 amide bonds. The van der Waals surface area contributed by atoms with E-state index in [4.69, 9.17) is 12.2 Å². The smallest absolute Gasteiger partial charge is 0.110 e. The molecule has 39 valence electrons. The first kappa shape index (κ1) is 6.48. The third-order valence-electron chi connectivity index (χ3n) is 0.418. The van der Waals surface area contributed by atoms with Crippen molar-refractivity contribution >= 4 is 0 Å². The van der Waals surface area contributed by atoms with Crippen LogP contribution >= 0.6 is 0 Å². The number of hydrogen-bond acceptors (Lipinski definition) is 2. The Morgan fingerprint density at radius 2 is 2.57 bits per heavy atom. The first-order valence-corrected chi connectivity index (χ1v) is 2.04. The Morgan fingerprint density at radius 1 is 2.00 bits per heavy atom. The van der Waals surface area contributed by atoms with Crippen molar-refractivity contribution in [3.8, 4) is 5.92 Å². The van der Waals surface area contributed by atoms with E-state index in [1.54, 1.807) is 6.92 Å². The van der Waals surface area contributed by atoms with Crippen LogP contribution in [-0.4, -0.2) is 12.8 Å². The molecule has 2 nitrogen and oxygen atoms in total. The van der Waals surface area contributed by atoms with Crippen LogP contribution in [0.1, 0.15) is 6.92 Å². The first-order valence-electron chi connectivity index (χ1n) is 2.04. The second kappa shape index (κ2) is 3.66. The van der Waals surface area contributed by atoms with Crippen molar-refractivity contribution < 1.29 is 4.74 Å². The van der Waals surface area contributed by atoms with Gasteiger partial charge in [-0.3, -0.25) is 0 Å². The van der Waals surface area contributed by atoms with Crippen molar-refractivity contribution in [2.24, 2.45) is 5.73 Å². The van der Waals surface area contributed by atoms with Gasteiger partial charge in [-0.1, -0.05) is 5.92 Å². The summed E-state index contributed by atoms with van der Waals surface area (Å²) in [6, 6.07) is 0. The third-order valence-corrected chi connectivity index (χ3v) is 0.418. The van der Waals surface area contributed by atoms with Gasteiger partial charge in [-0.2, -0.15) is 0 Å². The monoisotopic (exact) mass is 98.1 g/mol. The largest absolute Gasteiger partial charge is 0.351 e. The van der Waals surface area contributed by atoms with Gasteiger partial charge in [0.15, 0.2) is 0 Å². The fraction of sp³-hybridized carbons (Fsp3) is 0.600. The molecule has 0 aliphatic rings. The van der Waals surface area contributed by atoms with Crippen molar-refractivity contribution in [1.82, 2.24) is 0 Å². The minimum atomic E-state index is -0.280. The van der Waals surface area contributed by atoms with Crippen LogP contribution in [0.2, 0.25) is 0 Å². The van der Waals surface area contributed by atoms with Gasteiger partial charge >= 0.3 is 0 Å². The molecule has 0 fully saturated rings. The first-order chi connectivity index (χ1) is 3.27. The van der Waals surface area contributed by atoms with Gasteiger partial charge in [-0.15, -0.1) is 0 Å². The van der Waals surface area contributed by atoms with E-state index in [0.717, 1.165) is 0 Å². The predicted molar refractivity (Wildman–Crippen MR) is 26.7 cm³/mol. The number of rotatable bonds is 2. The second-order valence-electron chi connectivity index (χ2n) is 1.19. The molecular weight excluding hydrogens is 90.1 g/mol. The molecule has 1 radical (unpaired) electrons. The molecule has 2 N–H and O–H groups in total. The van der Waals surface area contributed by atoms with Gasteiger partial charge in [0.1, 0.15) is 12.8 Å². The van der Waals surface area contributed by atoms with Crippen molar-refractivity contribution in [2.45, 2.75) is 13.2 Å². The molecule has 1 atom stereocenters. The van der Waals surface area contributed by atoms with Crippen LogP contribution in [0.4, 0.5) is 0 Å². The summed E-state index contributed by atoms with van der Waals surface area (Å²) >= 11 is 0. The second-order valence-corrected chi connectivity index (χ2v) is 1.19. The molecule has 0 aromatic rings. The molecule has 1 unspecified atom stereocenters. The summed E-state index contributed by atoms with van der Waals surface area (Å²) in [5.41, 5.74) is 5.13. The van der Waals surface area contributed by atoms with Crippen LogP contribution in [0.15, 0.2) is 0 Å². The molecule has 0 aliphatic carbocycles. The molecular formula is C5H8NO. The van der Waals surface area contributed by atoms with Crippen molar-refractivity contribution in [3.63, 3.8) is 0 Å². The van der Waals surface area contributed by atoms with Gasteiger partial charge in [0.25, 0.3) is 0 Å². The zero-order valence-electron chi connectivity index (χ0n) is 4.27. The van der Waals surface area contributed by atoms with Crippen LogP contribution in [0, 0.1) is 12.3 Å². The lowest BCUT2D eigenvalue weighted by Gasteiger charge is -2.00. The highest BCUT2D eigenvalue weighted by molar-refractivity contribution is 4.73. The molecule has 0 spiro atoms. The Hall–Kier alpha value is -0.520. The van der Waals surface area contributed by atoms with Gasteiger partial charge < -0.3 is 10.5 Å². The van der Waals surface area contributed by atoms with E-state index in [0.29, 0.717) is 0 Å². The summed E-state index contributed by atoms with van der Waals surface area (Å²) in [5.74, 6) is 2.05. The number of ether oxygens (including phenoxy) is 1.